The van der Waals surface area contributed by atoms with Crippen LogP contribution in [0.15, 0.2) is 11.7 Å². The lowest BCUT2D eigenvalue weighted by atomic mass is 9.92. The summed E-state index contributed by atoms with van der Waals surface area (Å²) < 4.78 is 90.5. The van der Waals surface area contributed by atoms with E-state index in [0.29, 0.717) is 0 Å². The minimum Gasteiger partial charge on any atom is -0.234 e. The van der Waals surface area contributed by atoms with Gasteiger partial charge in [0.05, 0.1) is 6.42 Å². The van der Waals surface area contributed by atoms with E-state index in [0.717, 1.165) is 0 Å². The first-order valence-electron chi connectivity index (χ1n) is 4.26. The van der Waals surface area contributed by atoms with Gasteiger partial charge in [0.2, 0.25) is 0 Å². The van der Waals surface area contributed by atoms with Crippen LogP contribution in [0, 0.1) is 29.7 Å². The first kappa shape index (κ1) is 11.9. The van der Waals surface area contributed by atoms with E-state index in [9.17, 15) is 30.7 Å². The molecule has 1 radical (unpaired) electrons. The number of benzene rings is 1. The number of fused-ring (bicyclic) bond motifs is 1. The Morgan fingerprint density at radius 1 is 0.765 bits per heavy atom. The Morgan fingerprint density at radius 3 is 1.88 bits per heavy atom. The molecule has 1 unspecified atom stereocenters. The number of hydrogen-bond donors (Lipinski definition) is 0. The van der Waals surface area contributed by atoms with Gasteiger partial charge in [-0.15, -0.1) is 0 Å². The minimum absolute atomic E-state index is 0.0711. The largest absolute Gasteiger partial charge is 0.234 e. The van der Waals surface area contributed by atoms with Crippen LogP contribution in [0.3, 0.4) is 0 Å². The zero-order valence-electron chi connectivity index (χ0n) is 7.80. The van der Waals surface area contributed by atoms with E-state index in [4.69, 9.17) is 0 Å². The molecule has 0 saturated carbocycles. The molecule has 1 atom stereocenters. The van der Waals surface area contributed by atoms with E-state index in [1.807, 2.05) is 0 Å². The average Bonchev–Trinajstić information content (AvgIpc) is 2.30. The van der Waals surface area contributed by atoms with Crippen molar-refractivity contribution in [2.75, 3.05) is 0 Å². The van der Waals surface area contributed by atoms with Crippen molar-refractivity contribution in [2.45, 2.75) is 6.17 Å². The molecule has 91 valence electrons. The Hall–Kier alpha value is -1.53. The number of halogens is 7. The molecular weight excluding hydrogens is 253 g/mol. The quantitative estimate of drug-likeness (QED) is 0.374. The summed E-state index contributed by atoms with van der Waals surface area (Å²) in [4.78, 5) is 0. The Balaban J connectivity index is 2.78. The van der Waals surface area contributed by atoms with Crippen LogP contribution < -0.4 is 0 Å². The van der Waals surface area contributed by atoms with E-state index in [1.54, 1.807) is 0 Å². The molecule has 0 saturated heterocycles. The second-order valence-corrected chi connectivity index (χ2v) is 3.29. The van der Waals surface area contributed by atoms with Crippen LogP contribution in [0.2, 0.25) is 0 Å². The number of rotatable bonds is 0. The molecule has 2 rings (SSSR count). The van der Waals surface area contributed by atoms with Crippen molar-refractivity contribution in [3.63, 3.8) is 0 Å². The van der Waals surface area contributed by atoms with Gasteiger partial charge in [-0.05, 0) is 0 Å². The highest BCUT2D eigenvalue weighted by molar-refractivity contribution is 5.49. The lowest BCUT2D eigenvalue weighted by molar-refractivity contribution is 0.293. The predicted octanol–water partition coefficient (Wildman–Crippen LogP) is 3.97. The van der Waals surface area contributed by atoms with Gasteiger partial charge in [0.1, 0.15) is 5.83 Å². The van der Waals surface area contributed by atoms with Crippen LogP contribution in [0.1, 0.15) is 17.3 Å². The molecule has 0 amide bonds. The lowest BCUT2D eigenvalue weighted by Gasteiger charge is -2.19. The number of allylic oxidation sites excluding steroid dienone is 2. The van der Waals surface area contributed by atoms with Gasteiger partial charge in [0.25, 0.3) is 0 Å². The molecule has 1 aliphatic rings. The van der Waals surface area contributed by atoms with Gasteiger partial charge in [-0.2, -0.15) is 0 Å². The average molecular weight is 255 g/mol. The highest BCUT2D eigenvalue weighted by Gasteiger charge is 2.37. The van der Waals surface area contributed by atoms with Crippen molar-refractivity contribution < 1.29 is 30.7 Å². The fraction of sp³-hybridized carbons (Fsp3) is 0.100. The topological polar surface area (TPSA) is 0 Å². The fourth-order valence-corrected chi connectivity index (χ4v) is 1.50. The van der Waals surface area contributed by atoms with Gasteiger partial charge in [-0.1, -0.05) is 0 Å². The number of alkyl halides is 1. The maximum atomic E-state index is 13.2. The summed E-state index contributed by atoms with van der Waals surface area (Å²) >= 11 is 0. The maximum Gasteiger partial charge on any atom is 0.197 e. The van der Waals surface area contributed by atoms with Crippen molar-refractivity contribution in [1.29, 1.82) is 0 Å². The highest BCUT2D eigenvalue weighted by atomic mass is 19.2. The van der Waals surface area contributed by atoms with E-state index in [-0.39, 0.29) is 6.42 Å². The first-order chi connectivity index (χ1) is 7.86. The molecule has 1 aliphatic carbocycles. The minimum atomic E-state index is -3.00. The fourth-order valence-electron chi connectivity index (χ4n) is 1.50. The Bertz CT molecular complexity index is 532. The maximum absolute atomic E-state index is 13.2. The van der Waals surface area contributed by atoms with Gasteiger partial charge >= 0.3 is 0 Å². The van der Waals surface area contributed by atoms with Crippen LogP contribution in [-0.4, -0.2) is 0 Å². The third-order valence-corrected chi connectivity index (χ3v) is 2.32. The highest BCUT2D eigenvalue weighted by Crippen LogP contribution is 2.42. The summed E-state index contributed by atoms with van der Waals surface area (Å²) in [5, 5.41) is 0. The van der Waals surface area contributed by atoms with E-state index in [2.05, 4.69) is 0 Å². The molecule has 1 aromatic rings. The summed E-state index contributed by atoms with van der Waals surface area (Å²) in [7, 11) is 0. The molecular formula is C10H2F7. The molecule has 1 aromatic carbocycles. The van der Waals surface area contributed by atoms with Crippen molar-refractivity contribution in [3.8, 4) is 0 Å². The summed E-state index contributed by atoms with van der Waals surface area (Å²) in [5.74, 6) is -12.3. The van der Waals surface area contributed by atoms with Crippen molar-refractivity contribution >= 4 is 0 Å². The smallest absolute Gasteiger partial charge is 0.197 e. The standard InChI is InChI=1S/C10H2F7/c11-3-1-2-4(7(14)6(3)13)8(15)10(17)9(16)5(2)12/h1,7H. The normalized spacial score (nSPS) is 19.6. The monoisotopic (exact) mass is 255 g/mol. The first-order valence-corrected chi connectivity index (χ1v) is 4.26. The predicted molar refractivity (Wildman–Crippen MR) is 42.8 cm³/mol. The molecule has 0 bridgehead atoms. The van der Waals surface area contributed by atoms with Gasteiger partial charge in [-0.25, -0.2) is 30.7 Å². The van der Waals surface area contributed by atoms with E-state index in [1.165, 1.54) is 0 Å². The molecule has 0 nitrogen and oxygen atoms in total. The second-order valence-electron chi connectivity index (χ2n) is 3.29. The van der Waals surface area contributed by atoms with Gasteiger partial charge in [0, 0.05) is 11.1 Å². The molecule has 0 spiro atoms. The third kappa shape index (κ3) is 1.52. The SMILES string of the molecule is FC1=C(F)C(F)c2c(F)c(F)c(F)c(F)c2[CH]1. The molecule has 0 aromatic heterocycles. The summed E-state index contributed by atoms with van der Waals surface area (Å²) in [6.07, 6.45) is -2.93. The van der Waals surface area contributed by atoms with Crippen LogP contribution in [0.25, 0.3) is 0 Å². The van der Waals surface area contributed by atoms with Crippen molar-refractivity contribution in [2.24, 2.45) is 0 Å². The zero-order valence-corrected chi connectivity index (χ0v) is 7.80. The van der Waals surface area contributed by atoms with E-state index >= 15 is 0 Å². The zero-order chi connectivity index (χ0) is 12.9. The Kier molecular flexibility index (Phi) is 2.63. The molecule has 0 aliphatic heterocycles. The van der Waals surface area contributed by atoms with Crippen LogP contribution in [0.5, 0.6) is 0 Å². The van der Waals surface area contributed by atoms with Gasteiger partial charge in [-0.3, -0.25) is 0 Å². The van der Waals surface area contributed by atoms with Crippen LogP contribution >= 0.6 is 0 Å². The second kappa shape index (κ2) is 3.75. The van der Waals surface area contributed by atoms with Crippen LogP contribution in [-0.2, 0) is 0 Å². The Morgan fingerprint density at radius 2 is 1.29 bits per heavy atom. The third-order valence-electron chi connectivity index (χ3n) is 2.32. The molecule has 7 heteroatoms. The summed E-state index contributed by atoms with van der Waals surface area (Å²) in [6, 6.07) is 0. The lowest BCUT2D eigenvalue weighted by Crippen LogP contribution is -2.15. The van der Waals surface area contributed by atoms with Crippen molar-refractivity contribution in [3.05, 3.63) is 52.5 Å². The number of hydrogen-bond acceptors (Lipinski definition) is 0. The van der Waals surface area contributed by atoms with Gasteiger partial charge < -0.3 is 0 Å². The summed E-state index contributed by atoms with van der Waals surface area (Å²) in [5.41, 5.74) is -2.56. The van der Waals surface area contributed by atoms with Crippen LogP contribution in [0.4, 0.5) is 30.7 Å². The summed E-state index contributed by atoms with van der Waals surface area (Å²) in [6.45, 7) is 0. The van der Waals surface area contributed by atoms with Gasteiger partial charge in [0.15, 0.2) is 35.3 Å². The molecule has 0 heterocycles. The Labute approximate surface area is 90.4 Å². The molecule has 0 N–H and O–H groups in total. The van der Waals surface area contributed by atoms with Crippen molar-refractivity contribution in [1.82, 2.24) is 0 Å². The molecule has 0 fully saturated rings. The van der Waals surface area contributed by atoms with E-state index < -0.39 is 52.2 Å². The molecule has 17 heavy (non-hydrogen) atoms.